The number of nitrogens with zero attached hydrogens (tertiary/aromatic N) is 6. The molecule has 6 heteroatoms. The predicted octanol–water partition coefficient (Wildman–Crippen LogP) is 40.2. The minimum atomic E-state index is 0.947. The molecule has 23 aromatic carbocycles. The molecule has 0 amide bonds. The first-order valence-electron chi connectivity index (χ1n) is 52.1. The molecule has 0 aliphatic heterocycles. The highest BCUT2D eigenvalue weighted by Gasteiger charge is 2.22. The summed E-state index contributed by atoms with van der Waals surface area (Å²) in [6.07, 6.45) is 0. The predicted molar refractivity (Wildman–Crippen MR) is 639 cm³/mol. The van der Waals surface area contributed by atoms with Crippen molar-refractivity contribution in [3.8, 4) is 122 Å². The number of anilines is 9. The quantitative estimate of drug-likeness (QED) is 0.0638. The number of aromatic nitrogens is 3. The minimum Gasteiger partial charge on any atom is -0.341 e. The van der Waals surface area contributed by atoms with Crippen molar-refractivity contribution < 1.29 is 0 Å². The second-order valence-corrected chi connectivity index (χ2v) is 38.2. The van der Waals surface area contributed by atoms with Gasteiger partial charge in [0.25, 0.3) is 0 Å². The van der Waals surface area contributed by atoms with E-state index in [1.54, 1.807) is 0 Å². The van der Waals surface area contributed by atoms with Gasteiger partial charge >= 0.3 is 0 Å². The zero-order chi connectivity index (χ0) is 101. The highest BCUT2D eigenvalue weighted by atomic mass is 15.2. The Morgan fingerprint density at radius 2 is 0.287 bits per heavy atom. The van der Waals surface area contributed by atoms with Gasteiger partial charge in [-0.15, -0.1) is 0 Å². The molecule has 0 saturated carbocycles. The molecule has 0 unspecified atom stereocenters. The number of hydrogen-bond donors (Lipinski definition) is 0. The van der Waals surface area contributed by atoms with Gasteiger partial charge in [-0.05, 0) is 313 Å². The Kier molecular flexibility index (Phi) is 26.3. The average Bonchev–Trinajstić information content (AvgIpc) is 1.60. The maximum absolute atomic E-state index is 2.41. The topological polar surface area (TPSA) is 24.5 Å². The first-order valence-corrected chi connectivity index (χ1v) is 52.1. The third-order valence-electron chi connectivity index (χ3n) is 29.4. The van der Waals surface area contributed by atoms with E-state index in [4.69, 9.17) is 0 Å². The SMILES string of the molecule is CCn1c2ccccc2c2cc(-c3ccc(-c4ccc(-c5ccc(N(c6ccccc6)c6ccc(-c7ccccc7)cc6)cc5)cc4)cc3)ccc21.CCn1c2ccccc2c2cc(-c3ccc(-c4ccc(N(c5ccccc5)c5ccc(-c6ccccc6)cc5)cc4)cc3)ccc21.CCn1c2ccccc2c2cc(-c3cccc(-c4ccccc4-c4ccc(N(c5ccccc5)c5ccc(-c6ccccc6)cc5)cc4)c3)ccc21. The summed E-state index contributed by atoms with van der Waals surface area (Å²) in [4.78, 5) is 6.95. The lowest BCUT2D eigenvalue weighted by molar-refractivity contribution is 0.827. The van der Waals surface area contributed by atoms with E-state index in [9.17, 15) is 0 Å². The van der Waals surface area contributed by atoms with Gasteiger partial charge in [0.1, 0.15) is 0 Å². The summed E-state index contributed by atoms with van der Waals surface area (Å²) in [6.45, 7) is 9.52. The van der Waals surface area contributed by atoms with Crippen molar-refractivity contribution in [1.82, 2.24) is 13.7 Å². The van der Waals surface area contributed by atoms with E-state index in [1.165, 1.54) is 188 Å². The zero-order valence-electron chi connectivity index (χ0n) is 84.2. The van der Waals surface area contributed by atoms with Crippen molar-refractivity contribution in [2.45, 2.75) is 40.4 Å². The monoisotopic (exact) mass is 1920 g/mol. The fourth-order valence-corrected chi connectivity index (χ4v) is 21.9. The summed E-state index contributed by atoms with van der Waals surface area (Å²) in [5.41, 5.74) is 44.6. The van der Waals surface area contributed by atoms with E-state index in [-0.39, 0.29) is 0 Å². The molecule has 0 saturated heterocycles. The first-order chi connectivity index (χ1) is 74.2. The molecular weight excluding hydrogens is 1810 g/mol. The second-order valence-electron chi connectivity index (χ2n) is 38.2. The maximum atomic E-state index is 2.41. The second kappa shape index (κ2) is 42.3. The number of aryl methyl sites for hydroxylation is 3. The molecule has 0 atom stereocenters. The van der Waals surface area contributed by atoms with Gasteiger partial charge in [0, 0.05) is 136 Å². The van der Waals surface area contributed by atoms with Crippen LogP contribution in [-0.2, 0) is 19.6 Å². The van der Waals surface area contributed by atoms with Crippen LogP contribution >= 0.6 is 0 Å². The van der Waals surface area contributed by atoms with Crippen molar-refractivity contribution in [2.75, 3.05) is 14.7 Å². The van der Waals surface area contributed by atoms with E-state index in [2.05, 4.69) is 625 Å². The molecule has 716 valence electrons. The molecule has 26 aromatic rings. The lowest BCUT2D eigenvalue weighted by atomic mass is 9.92. The van der Waals surface area contributed by atoms with Crippen LogP contribution < -0.4 is 14.7 Å². The standard InChI is InChI=1S/2C50H38N2.C44H34N2/c1-2-51-49-23-12-11-22-47(49)48-35-40(28-33-50(48)51)39-16-13-17-41(34-39)46-21-10-9-20-45(46)38-26-31-44(32-27-38)52(42-18-7-4-8-19-42)43-29-24-37(25-30-43)36-14-5-3-6-15-36;1-2-51-49-16-10-9-15-47(49)48-35-43(29-34-50(48)51)42-23-21-38(22-24-42)37-17-19-39(20-18-37)41-27-32-46(33-28-41)52(44-13-7-4-8-14-44)45-30-25-40(26-31-45)36-11-5-3-6-12-36;1-2-45-43-16-10-9-15-41(43)42-31-37(25-30-44(42)45)36-19-17-33(18-20-36)35-23-28-40(29-24-35)46(38-13-7-4-8-14-38)39-26-21-34(22-27-39)32-11-5-3-6-12-32/h2*3-35H,2H2,1H3;3-31H,2H2,1H3. The van der Waals surface area contributed by atoms with E-state index < -0.39 is 0 Å². The lowest BCUT2D eigenvalue weighted by Crippen LogP contribution is -2.09. The normalized spacial score (nSPS) is 11.2. The van der Waals surface area contributed by atoms with E-state index in [0.717, 1.165) is 70.8 Å². The average molecular weight is 1920 g/mol. The van der Waals surface area contributed by atoms with Gasteiger partial charge in [0.15, 0.2) is 0 Å². The van der Waals surface area contributed by atoms with Crippen molar-refractivity contribution >= 4 is 117 Å². The molecule has 0 aliphatic carbocycles. The lowest BCUT2D eigenvalue weighted by Gasteiger charge is -2.26. The van der Waals surface area contributed by atoms with E-state index >= 15 is 0 Å². The first kappa shape index (κ1) is 93.2. The Hall–Kier alpha value is -19.1. The van der Waals surface area contributed by atoms with Crippen LogP contribution in [0.1, 0.15) is 20.8 Å². The molecule has 150 heavy (non-hydrogen) atoms. The highest BCUT2D eigenvalue weighted by molar-refractivity contribution is 6.12. The highest BCUT2D eigenvalue weighted by Crippen LogP contribution is 2.46. The smallest absolute Gasteiger partial charge is 0.0491 e. The largest absolute Gasteiger partial charge is 0.341 e. The molecule has 6 nitrogen and oxygen atoms in total. The number of hydrogen-bond acceptors (Lipinski definition) is 3. The number of rotatable bonds is 23. The summed E-state index contributed by atoms with van der Waals surface area (Å²) in [7, 11) is 0. The Balaban J connectivity index is 0.000000120. The summed E-state index contributed by atoms with van der Waals surface area (Å²) >= 11 is 0. The molecule has 3 aromatic heterocycles. The van der Waals surface area contributed by atoms with Crippen LogP contribution in [0.2, 0.25) is 0 Å². The van der Waals surface area contributed by atoms with Gasteiger partial charge in [-0.1, -0.05) is 406 Å². The van der Waals surface area contributed by atoms with Gasteiger partial charge in [-0.3, -0.25) is 0 Å². The number of benzene rings is 23. The Labute approximate surface area is 877 Å². The van der Waals surface area contributed by atoms with Gasteiger partial charge in [-0.25, -0.2) is 0 Å². The van der Waals surface area contributed by atoms with Crippen LogP contribution in [-0.4, -0.2) is 13.7 Å². The van der Waals surface area contributed by atoms with Gasteiger partial charge in [0.2, 0.25) is 0 Å². The van der Waals surface area contributed by atoms with Crippen LogP contribution in [0, 0.1) is 0 Å². The molecule has 26 rings (SSSR count). The summed E-state index contributed by atoms with van der Waals surface area (Å²) in [5, 5.41) is 7.86. The third kappa shape index (κ3) is 18.9. The van der Waals surface area contributed by atoms with Crippen molar-refractivity contribution in [2.24, 2.45) is 0 Å². The van der Waals surface area contributed by atoms with Crippen molar-refractivity contribution in [1.29, 1.82) is 0 Å². The zero-order valence-corrected chi connectivity index (χ0v) is 84.2. The number of fused-ring (bicyclic) bond motifs is 9. The van der Waals surface area contributed by atoms with Crippen LogP contribution in [0.15, 0.2) is 576 Å². The Morgan fingerprint density at radius 3 is 0.553 bits per heavy atom. The number of para-hydroxylation sites is 6. The van der Waals surface area contributed by atoms with Gasteiger partial charge in [-0.2, -0.15) is 0 Å². The molecule has 0 bridgehead atoms. The Morgan fingerprint density at radius 1 is 0.120 bits per heavy atom. The molecule has 0 N–H and O–H groups in total. The summed E-state index contributed by atoms with van der Waals surface area (Å²) < 4.78 is 7.22. The van der Waals surface area contributed by atoms with Crippen LogP contribution in [0.4, 0.5) is 51.2 Å². The molecule has 3 heterocycles. The molecule has 0 aliphatic rings. The third-order valence-corrected chi connectivity index (χ3v) is 29.4. The fraction of sp³-hybridized carbons (Fsp3) is 0.0417. The van der Waals surface area contributed by atoms with Gasteiger partial charge < -0.3 is 28.4 Å². The fourth-order valence-electron chi connectivity index (χ4n) is 21.9. The van der Waals surface area contributed by atoms with E-state index in [0.29, 0.717) is 0 Å². The van der Waals surface area contributed by atoms with Crippen molar-refractivity contribution in [3.05, 3.63) is 576 Å². The Bertz CT molecular complexity index is 9190. The van der Waals surface area contributed by atoms with Gasteiger partial charge in [0.05, 0.1) is 0 Å². The van der Waals surface area contributed by atoms with Crippen LogP contribution in [0.5, 0.6) is 0 Å². The van der Waals surface area contributed by atoms with Crippen LogP contribution in [0.25, 0.3) is 188 Å². The summed E-state index contributed by atoms with van der Waals surface area (Å²) in [5.74, 6) is 0. The van der Waals surface area contributed by atoms with E-state index in [1.807, 2.05) is 0 Å². The molecule has 0 radical (unpaired) electrons. The van der Waals surface area contributed by atoms with Crippen molar-refractivity contribution in [3.63, 3.8) is 0 Å². The molecule has 0 spiro atoms. The molecule has 0 fully saturated rings. The molecular formula is C144H110N6. The summed E-state index contributed by atoms with van der Waals surface area (Å²) in [6, 6.07) is 208. The minimum absolute atomic E-state index is 0.947. The maximum Gasteiger partial charge on any atom is 0.0491 e. The van der Waals surface area contributed by atoms with Crippen LogP contribution in [0.3, 0.4) is 0 Å².